The van der Waals surface area contributed by atoms with Gasteiger partial charge in [-0.15, -0.1) is 0 Å². The summed E-state index contributed by atoms with van der Waals surface area (Å²) in [5.74, 6) is -2.50. The largest absolute Gasteiger partial charge is 0.465 e. The Morgan fingerprint density at radius 1 is 1.28 bits per heavy atom. The minimum absolute atomic E-state index is 0.0652. The molecule has 2 rings (SSSR count). The van der Waals surface area contributed by atoms with Crippen molar-refractivity contribution in [1.82, 2.24) is 5.32 Å². The first-order valence-electron chi connectivity index (χ1n) is 5.91. The highest BCUT2D eigenvalue weighted by atomic mass is 19.2. The van der Waals surface area contributed by atoms with Crippen LogP contribution in [0.5, 0.6) is 0 Å². The van der Waals surface area contributed by atoms with E-state index in [1.807, 2.05) is 0 Å². The monoisotopic (exact) mass is 255 g/mol. The Balaban J connectivity index is 2.42. The van der Waals surface area contributed by atoms with Gasteiger partial charge < -0.3 is 10.1 Å². The summed E-state index contributed by atoms with van der Waals surface area (Å²) >= 11 is 0. The lowest BCUT2D eigenvalue weighted by molar-refractivity contribution is 0.0598. The van der Waals surface area contributed by atoms with Crippen molar-refractivity contribution in [3.63, 3.8) is 0 Å². The fourth-order valence-electron chi connectivity index (χ4n) is 2.32. The normalized spacial score (nSPS) is 16.6. The molecule has 1 fully saturated rings. The van der Waals surface area contributed by atoms with E-state index in [4.69, 9.17) is 0 Å². The predicted octanol–water partition coefficient (Wildman–Crippen LogP) is 2.22. The van der Waals surface area contributed by atoms with Gasteiger partial charge in [0.1, 0.15) is 0 Å². The molecular formula is C13H15F2NO2. The van der Waals surface area contributed by atoms with Crippen molar-refractivity contribution in [2.45, 2.75) is 18.8 Å². The number of halogens is 2. The summed E-state index contributed by atoms with van der Waals surface area (Å²) in [4.78, 5) is 11.6. The molecule has 5 heteroatoms. The van der Waals surface area contributed by atoms with Gasteiger partial charge in [-0.1, -0.05) is 0 Å². The zero-order chi connectivity index (χ0) is 13.1. The number of hydrogen-bond acceptors (Lipinski definition) is 3. The zero-order valence-electron chi connectivity index (χ0n) is 10.1. The average Bonchev–Trinajstić information content (AvgIpc) is 2.41. The number of ether oxygens (including phenoxy) is 1. The number of carbonyl (C=O) groups is 1. The lowest BCUT2D eigenvalue weighted by Crippen LogP contribution is -2.27. The van der Waals surface area contributed by atoms with Gasteiger partial charge in [-0.2, -0.15) is 0 Å². The van der Waals surface area contributed by atoms with Gasteiger partial charge in [0.05, 0.1) is 12.7 Å². The van der Waals surface area contributed by atoms with Gasteiger partial charge in [0, 0.05) is 0 Å². The highest BCUT2D eigenvalue weighted by Crippen LogP contribution is 2.30. The summed E-state index contributed by atoms with van der Waals surface area (Å²) in [6, 6.07) is 2.05. The van der Waals surface area contributed by atoms with Crippen LogP contribution in [0.15, 0.2) is 12.1 Å². The third kappa shape index (κ3) is 2.51. The standard InChI is InChI=1S/C13H15F2NO2/c1-18-13(17)10-7-12(15)11(14)6-9(10)8-2-4-16-5-3-8/h6-8,16H,2-5H2,1H3. The molecule has 98 valence electrons. The van der Waals surface area contributed by atoms with Crippen molar-refractivity contribution in [2.75, 3.05) is 20.2 Å². The maximum Gasteiger partial charge on any atom is 0.338 e. The van der Waals surface area contributed by atoms with E-state index in [2.05, 4.69) is 10.1 Å². The number of esters is 1. The molecule has 1 heterocycles. The first-order valence-corrected chi connectivity index (χ1v) is 5.91. The van der Waals surface area contributed by atoms with Crippen molar-refractivity contribution in [2.24, 2.45) is 0 Å². The Morgan fingerprint density at radius 2 is 1.89 bits per heavy atom. The zero-order valence-corrected chi connectivity index (χ0v) is 10.1. The molecule has 0 bridgehead atoms. The van der Waals surface area contributed by atoms with Gasteiger partial charge in [-0.05, 0) is 49.5 Å². The van der Waals surface area contributed by atoms with Crippen molar-refractivity contribution in [3.05, 3.63) is 34.9 Å². The van der Waals surface area contributed by atoms with Gasteiger partial charge in [0.15, 0.2) is 11.6 Å². The van der Waals surface area contributed by atoms with E-state index in [1.54, 1.807) is 0 Å². The van der Waals surface area contributed by atoms with Crippen LogP contribution >= 0.6 is 0 Å². The number of rotatable bonds is 2. The van der Waals surface area contributed by atoms with Crippen LogP contribution in [0.25, 0.3) is 0 Å². The van der Waals surface area contributed by atoms with Gasteiger partial charge in [0.25, 0.3) is 0 Å². The third-order valence-electron chi connectivity index (χ3n) is 3.28. The number of carbonyl (C=O) groups excluding carboxylic acids is 1. The number of benzene rings is 1. The van der Waals surface area contributed by atoms with Crippen LogP contribution in [0.1, 0.15) is 34.7 Å². The van der Waals surface area contributed by atoms with Crippen LogP contribution in [-0.4, -0.2) is 26.2 Å². The second-order valence-electron chi connectivity index (χ2n) is 4.37. The Kier molecular flexibility index (Phi) is 3.91. The minimum Gasteiger partial charge on any atom is -0.465 e. The lowest BCUT2D eigenvalue weighted by atomic mass is 9.87. The Labute approximate surface area is 104 Å². The summed E-state index contributed by atoms with van der Waals surface area (Å²) in [5.41, 5.74) is 0.672. The molecule has 0 atom stereocenters. The molecule has 0 aromatic heterocycles. The molecule has 0 aliphatic carbocycles. The summed E-state index contributed by atoms with van der Waals surface area (Å²) < 4.78 is 31.2. The van der Waals surface area contributed by atoms with E-state index < -0.39 is 17.6 Å². The van der Waals surface area contributed by atoms with Gasteiger partial charge >= 0.3 is 5.97 Å². The Hall–Kier alpha value is -1.49. The SMILES string of the molecule is COC(=O)c1cc(F)c(F)cc1C1CCNCC1. The molecule has 1 aromatic carbocycles. The fourth-order valence-corrected chi connectivity index (χ4v) is 2.32. The summed E-state index contributed by atoms with van der Waals surface area (Å²) in [5, 5.41) is 3.19. The van der Waals surface area contributed by atoms with Crippen LogP contribution < -0.4 is 5.32 Å². The van der Waals surface area contributed by atoms with Crippen LogP contribution in [0.2, 0.25) is 0 Å². The maximum absolute atomic E-state index is 13.3. The van der Waals surface area contributed by atoms with Crippen molar-refractivity contribution in [1.29, 1.82) is 0 Å². The quantitative estimate of drug-likeness (QED) is 0.823. The topological polar surface area (TPSA) is 38.3 Å². The number of hydrogen-bond donors (Lipinski definition) is 1. The van der Waals surface area contributed by atoms with Crippen molar-refractivity contribution in [3.8, 4) is 0 Å². The molecule has 0 amide bonds. The Bertz CT molecular complexity index is 457. The molecular weight excluding hydrogens is 240 g/mol. The molecule has 1 aromatic rings. The predicted molar refractivity (Wildman–Crippen MR) is 62.5 cm³/mol. The summed E-state index contributed by atoms with van der Waals surface area (Å²) in [6.45, 7) is 1.62. The number of methoxy groups -OCH3 is 1. The van der Waals surface area contributed by atoms with Crippen LogP contribution in [0.4, 0.5) is 8.78 Å². The van der Waals surface area contributed by atoms with E-state index in [9.17, 15) is 13.6 Å². The van der Waals surface area contributed by atoms with Crippen LogP contribution in [-0.2, 0) is 4.74 Å². The van der Waals surface area contributed by atoms with Crippen molar-refractivity contribution >= 4 is 5.97 Å². The van der Waals surface area contributed by atoms with Gasteiger partial charge in [-0.25, -0.2) is 13.6 Å². The number of nitrogens with one attached hydrogen (secondary N) is 1. The van der Waals surface area contributed by atoms with Crippen LogP contribution in [0.3, 0.4) is 0 Å². The molecule has 0 saturated carbocycles. The second-order valence-corrected chi connectivity index (χ2v) is 4.37. The minimum atomic E-state index is -1.02. The molecule has 0 spiro atoms. The smallest absolute Gasteiger partial charge is 0.338 e. The molecule has 0 unspecified atom stereocenters. The third-order valence-corrected chi connectivity index (χ3v) is 3.28. The number of piperidine rings is 1. The average molecular weight is 255 g/mol. The molecule has 1 saturated heterocycles. The van der Waals surface area contributed by atoms with Gasteiger partial charge in [-0.3, -0.25) is 0 Å². The maximum atomic E-state index is 13.3. The van der Waals surface area contributed by atoms with Crippen LogP contribution in [0, 0.1) is 11.6 Å². The molecule has 18 heavy (non-hydrogen) atoms. The molecule has 3 nitrogen and oxygen atoms in total. The molecule has 1 N–H and O–H groups in total. The van der Waals surface area contributed by atoms with E-state index in [1.165, 1.54) is 7.11 Å². The summed E-state index contributed by atoms with van der Waals surface area (Å²) in [7, 11) is 1.23. The second kappa shape index (κ2) is 5.44. The summed E-state index contributed by atoms with van der Waals surface area (Å²) in [6.07, 6.45) is 1.60. The van der Waals surface area contributed by atoms with E-state index in [-0.39, 0.29) is 11.5 Å². The lowest BCUT2D eigenvalue weighted by Gasteiger charge is -2.24. The van der Waals surface area contributed by atoms with E-state index in [0.29, 0.717) is 5.56 Å². The Morgan fingerprint density at radius 3 is 2.50 bits per heavy atom. The highest BCUT2D eigenvalue weighted by molar-refractivity contribution is 5.91. The van der Waals surface area contributed by atoms with E-state index >= 15 is 0 Å². The fraction of sp³-hybridized carbons (Fsp3) is 0.462. The van der Waals surface area contributed by atoms with E-state index in [0.717, 1.165) is 38.1 Å². The van der Waals surface area contributed by atoms with Crippen molar-refractivity contribution < 1.29 is 18.3 Å². The molecule has 1 aliphatic heterocycles. The molecule has 0 radical (unpaired) electrons. The molecule has 1 aliphatic rings. The van der Waals surface area contributed by atoms with Gasteiger partial charge in [0.2, 0.25) is 0 Å². The first-order chi connectivity index (χ1) is 8.63. The first kappa shape index (κ1) is 13.0. The highest BCUT2D eigenvalue weighted by Gasteiger charge is 2.24.